The third-order valence-corrected chi connectivity index (χ3v) is 5.80. The van der Waals surface area contributed by atoms with Gasteiger partial charge in [-0.05, 0) is 18.1 Å². The zero-order chi connectivity index (χ0) is 21.7. The maximum atomic E-state index is 12.9. The Bertz CT molecular complexity index is 1110. The number of aromatic nitrogens is 2. The Hall–Kier alpha value is -3.04. The van der Waals surface area contributed by atoms with Crippen LogP contribution in [0.3, 0.4) is 0 Å². The first-order chi connectivity index (χ1) is 14.4. The molecule has 9 heteroatoms. The molecule has 0 bridgehead atoms. The summed E-state index contributed by atoms with van der Waals surface area (Å²) in [6.07, 6.45) is 1.34. The van der Waals surface area contributed by atoms with Crippen molar-refractivity contribution in [2.24, 2.45) is 0 Å². The fourth-order valence-electron chi connectivity index (χ4n) is 2.96. The van der Waals surface area contributed by atoms with Crippen LogP contribution in [0, 0.1) is 6.92 Å². The number of hydrogen-bond acceptors (Lipinski definition) is 7. The number of fused-ring (bicyclic) bond motifs is 1. The third kappa shape index (κ3) is 4.74. The summed E-state index contributed by atoms with van der Waals surface area (Å²) in [6.45, 7) is 2.41. The predicted octanol–water partition coefficient (Wildman–Crippen LogP) is 2.23. The highest BCUT2D eigenvalue weighted by atomic mass is 32.1. The Morgan fingerprint density at radius 3 is 2.63 bits per heavy atom. The zero-order valence-corrected chi connectivity index (χ0v) is 17.9. The van der Waals surface area contributed by atoms with E-state index in [0.29, 0.717) is 33.8 Å². The number of likely N-dealkylation sites (N-methyl/N-ethyl adjacent to an activating group) is 1. The highest BCUT2D eigenvalue weighted by molar-refractivity contribution is 7.20. The number of ether oxygens (including phenoxy) is 2. The number of hydrogen-bond donors (Lipinski definition) is 0. The topological polar surface area (TPSA) is 90.7 Å². The molecular weight excluding hydrogens is 406 g/mol. The van der Waals surface area contributed by atoms with Crippen molar-refractivity contribution in [3.05, 3.63) is 63.0 Å². The van der Waals surface area contributed by atoms with E-state index >= 15 is 0 Å². The Kier molecular flexibility index (Phi) is 6.96. The lowest BCUT2D eigenvalue weighted by Crippen LogP contribution is -2.33. The molecule has 0 radical (unpaired) electrons. The fourth-order valence-corrected chi connectivity index (χ4v) is 3.99. The Labute approximate surface area is 177 Å². The van der Waals surface area contributed by atoms with E-state index < -0.39 is 5.97 Å². The molecule has 0 aliphatic heterocycles. The molecule has 3 aromatic rings. The molecule has 0 unspecified atom stereocenters. The van der Waals surface area contributed by atoms with Crippen molar-refractivity contribution < 1.29 is 19.1 Å². The summed E-state index contributed by atoms with van der Waals surface area (Å²) >= 11 is 1.10. The normalized spacial score (nSPS) is 10.9. The van der Waals surface area contributed by atoms with Gasteiger partial charge >= 0.3 is 5.97 Å². The lowest BCUT2D eigenvalue weighted by molar-refractivity contribution is -0.131. The smallest absolute Gasteiger partial charge is 0.348 e. The van der Waals surface area contributed by atoms with Crippen LogP contribution < -0.4 is 5.56 Å². The SMILES string of the molecule is COCCOC(=O)c1sc2ncn(CC(=O)N(C)Cc3ccccc3)c(=O)c2c1C. The highest BCUT2D eigenvalue weighted by Crippen LogP contribution is 2.27. The van der Waals surface area contributed by atoms with E-state index in [1.807, 2.05) is 30.3 Å². The number of rotatable bonds is 8. The van der Waals surface area contributed by atoms with Gasteiger partial charge in [-0.3, -0.25) is 14.2 Å². The molecule has 30 heavy (non-hydrogen) atoms. The lowest BCUT2D eigenvalue weighted by Gasteiger charge is -2.17. The van der Waals surface area contributed by atoms with Gasteiger partial charge in [0, 0.05) is 20.7 Å². The number of amides is 1. The van der Waals surface area contributed by atoms with E-state index in [4.69, 9.17) is 9.47 Å². The van der Waals surface area contributed by atoms with Crippen LogP contribution in [0.4, 0.5) is 0 Å². The van der Waals surface area contributed by atoms with Gasteiger partial charge in [0.05, 0.1) is 18.3 Å². The Morgan fingerprint density at radius 2 is 1.93 bits per heavy atom. The number of methoxy groups -OCH3 is 1. The molecule has 3 rings (SSSR count). The van der Waals surface area contributed by atoms with Gasteiger partial charge in [0.2, 0.25) is 5.91 Å². The lowest BCUT2D eigenvalue weighted by atomic mass is 10.2. The molecule has 1 amide bonds. The van der Waals surface area contributed by atoms with Crippen molar-refractivity contribution in [2.45, 2.75) is 20.0 Å². The number of aryl methyl sites for hydroxylation is 1. The molecule has 0 spiro atoms. The summed E-state index contributed by atoms with van der Waals surface area (Å²) in [5.41, 5.74) is 1.15. The zero-order valence-electron chi connectivity index (χ0n) is 17.1. The van der Waals surface area contributed by atoms with Crippen LogP contribution in [0.5, 0.6) is 0 Å². The third-order valence-electron chi connectivity index (χ3n) is 4.62. The molecule has 0 N–H and O–H groups in total. The quantitative estimate of drug-likeness (QED) is 0.403. The van der Waals surface area contributed by atoms with Gasteiger partial charge in [-0.1, -0.05) is 30.3 Å². The molecule has 2 aromatic heterocycles. The van der Waals surface area contributed by atoms with Crippen LogP contribution in [0.1, 0.15) is 20.8 Å². The van der Waals surface area contributed by atoms with Gasteiger partial charge in [-0.15, -0.1) is 11.3 Å². The van der Waals surface area contributed by atoms with E-state index in [2.05, 4.69) is 4.98 Å². The van der Waals surface area contributed by atoms with Crippen molar-refractivity contribution >= 4 is 33.4 Å². The van der Waals surface area contributed by atoms with E-state index in [0.717, 1.165) is 16.9 Å². The van der Waals surface area contributed by atoms with Crippen LogP contribution in [0.2, 0.25) is 0 Å². The van der Waals surface area contributed by atoms with Crippen LogP contribution in [-0.4, -0.2) is 53.7 Å². The molecule has 2 heterocycles. The van der Waals surface area contributed by atoms with Gasteiger partial charge in [0.25, 0.3) is 5.56 Å². The molecule has 1 aromatic carbocycles. The molecule has 0 aliphatic rings. The maximum absolute atomic E-state index is 12.9. The number of carbonyl (C=O) groups excluding carboxylic acids is 2. The van der Waals surface area contributed by atoms with Crippen LogP contribution >= 0.6 is 11.3 Å². The molecule has 0 atom stereocenters. The first kappa shape index (κ1) is 21.7. The maximum Gasteiger partial charge on any atom is 0.348 e. The van der Waals surface area contributed by atoms with Gasteiger partial charge in [-0.2, -0.15) is 0 Å². The summed E-state index contributed by atoms with van der Waals surface area (Å²) in [6, 6.07) is 9.61. The molecule has 0 saturated carbocycles. The van der Waals surface area contributed by atoms with Crippen LogP contribution in [0.15, 0.2) is 41.5 Å². The van der Waals surface area contributed by atoms with Crippen molar-refractivity contribution in [3.8, 4) is 0 Å². The monoisotopic (exact) mass is 429 g/mol. The van der Waals surface area contributed by atoms with Gasteiger partial charge in [0.1, 0.15) is 22.9 Å². The number of carbonyl (C=O) groups is 2. The molecule has 0 saturated heterocycles. The second-order valence-electron chi connectivity index (χ2n) is 6.78. The fraction of sp³-hybridized carbons (Fsp3) is 0.333. The molecule has 8 nitrogen and oxygen atoms in total. The summed E-state index contributed by atoms with van der Waals surface area (Å²) < 4.78 is 11.3. The summed E-state index contributed by atoms with van der Waals surface area (Å²) in [7, 11) is 3.21. The van der Waals surface area contributed by atoms with Crippen molar-refractivity contribution in [1.29, 1.82) is 0 Å². The first-order valence-electron chi connectivity index (χ1n) is 9.35. The minimum Gasteiger partial charge on any atom is -0.459 e. The number of nitrogens with zero attached hydrogens (tertiary/aromatic N) is 3. The standard InChI is InChI=1S/C21H23N3O5S/c1-14-17-19(30-18(14)21(27)29-10-9-28-3)22-13-24(20(17)26)12-16(25)23(2)11-15-7-5-4-6-8-15/h4-8,13H,9-12H2,1-3H3. The van der Waals surface area contributed by atoms with Gasteiger partial charge < -0.3 is 14.4 Å². The van der Waals surface area contributed by atoms with Crippen molar-refractivity contribution in [3.63, 3.8) is 0 Å². The molecular formula is C21H23N3O5S. The van der Waals surface area contributed by atoms with E-state index in [-0.39, 0.29) is 24.6 Å². The minimum absolute atomic E-state index is 0.128. The van der Waals surface area contributed by atoms with E-state index in [9.17, 15) is 14.4 Å². The molecule has 158 valence electrons. The van der Waals surface area contributed by atoms with Crippen LogP contribution in [-0.2, 0) is 27.4 Å². The number of esters is 1. The molecule has 0 fully saturated rings. The summed E-state index contributed by atoms with van der Waals surface area (Å²) in [5, 5.41) is 0.333. The van der Waals surface area contributed by atoms with Crippen LogP contribution in [0.25, 0.3) is 10.2 Å². The average Bonchev–Trinajstić information content (AvgIpc) is 3.08. The van der Waals surface area contributed by atoms with Crippen molar-refractivity contribution in [1.82, 2.24) is 14.5 Å². The van der Waals surface area contributed by atoms with Crippen molar-refractivity contribution in [2.75, 3.05) is 27.4 Å². The second kappa shape index (κ2) is 9.64. The summed E-state index contributed by atoms with van der Waals surface area (Å²) in [5.74, 6) is -0.730. The Balaban J connectivity index is 1.79. The van der Waals surface area contributed by atoms with Gasteiger partial charge in [0.15, 0.2) is 0 Å². The van der Waals surface area contributed by atoms with E-state index in [1.54, 1.807) is 18.9 Å². The second-order valence-corrected chi connectivity index (χ2v) is 7.78. The van der Waals surface area contributed by atoms with Gasteiger partial charge in [-0.25, -0.2) is 9.78 Å². The highest BCUT2D eigenvalue weighted by Gasteiger charge is 2.21. The first-order valence-corrected chi connectivity index (χ1v) is 10.2. The largest absolute Gasteiger partial charge is 0.459 e. The molecule has 0 aliphatic carbocycles. The van der Waals surface area contributed by atoms with E-state index in [1.165, 1.54) is 18.0 Å². The minimum atomic E-state index is -0.517. The average molecular weight is 429 g/mol. The number of benzene rings is 1. The predicted molar refractivity (Wildman–Crippen MR) is 114 cm³/mol. The summed E-state index contributed by atoms with van der Waals surface area (Å²) in [4.78, 5) is 44.4. The number of thiophene rings is 1. The Morgan fingerprint density at radius 1 is 1.20 bits per heavy atom.